The van der Waals surface area contributed by atoms with Crippen LogP contribution >= 0.6 is 0 Å². The van der Waals surface area contributed by atoms with E-state index in [0.717, 1.165) is 28.2 Å². The molecule has 2 aromatic rings. The molecule has 0 radical (unpaired) electrons. The van der Waals surface area contributed by atoms with Gasteiger partial charge in [0, 0.05) is 18.2 Å². The number of benzene rings is 2. The zero-order chi connectivity index (χ0) is 16.7. The second-order valence-electron chi connectivity index (χ2n) is 5.15. The van der Waals surface area contributed by atoms with Gasteiger partial charge in [0.25, 0.3) is 0 Å². The second kappa shape index (κ2) is 8.03. The molecule has 1 amide bonds. The minimum Gasteiger partial charge on any atom is -0.497 e. The van der Waals surface area contributed by atoms with Gasteiger partial charge in [0.2, 0.25) is 5.91 Å². The van der Waals surface area contributed by atoms with Crippen molar-refractivity contribution in [1.29, 1.82) is 0 Å². The first-order chi connectivity index (χ1) is 11.1. The van der Waals surface area contributed by atoms with Gasteiger partial charge in [-0.15, -0.1) is 0 Å². The number of methoxy groups -OCH3 is 2. The summed E-state index contributed by atoms with van der Waals surface area (Å²) in [5.41, 5.74) is 2.98. The van der Waals surface area contributed by atoms with Crippen molar-refractivity contribution in [2.45, 2.75) is 13.5 Å². The summed E-state index contributed by atoms with van der Waals surface area (Å²) in [5, 5.41) is 2.85. The van der Waals surface area contributed by atoms with Crippen LogP contribution in [0.5, 0.6) is 11.5 Å². The maximum atomic E-state index is 12.0. The van der Waals surface area contributed by atoms with Crippen molar-refractivity contribution in [2.24, 2.45) is 0 Å². The third-order valence-corrected chi connectivity index (χ3v) is 3.40. The van der Waals surface area contributed by atoms with Crippen LogP contribution in [0.2, 0.25) is 0 Å². The Bertz CT molecular complexity index is 708. The van der Waals surface area contributed by atoms with E-state index in [0.29, 0.717) is 6.54 Å². The molecular weight excluding hydrogens is 290 g/mol. The SMILES string of the molecule is COc1cccc(CNC(=O)/C=C/c2cc(C)ccc2OC)c1. The predicted molar refractivity (Wildman–Crippen MR) is 91.6 cm³/mol. The summed E-state index contributed by atoms with van der Waals surface area (Å²) in [7, 11) is 3.24. The molecule has 1 N–H and O–H groups in total. The Labute approximate surface area is 136 Å². The summed E-state index contributed by atoms with van der Waals surface area (Å²) in [6.45, 7) is 2.45. The lowest BCUT2D eigenvalue weighted by Gasteiger charge is -2.06. The molecule has 0 heterocycles. The Hall–Kier alpha value is -2.75. The first-order valence-electron chi connectivity index (χ1n) is 7.36. The molecule has 0 saturated heterocycles. The molecule has 4 heteroatoms. The summed E-state index contributed by atoms with van der Waals surface area (Å²) in [4.78, 5) is 12.0. The van der Waals surface area contributed by atoms with Crippen LogP contribution in [-0.4, -0.2) is 20.1 Å². The first-order valence-corrected chi connectivity index (χ1v) is 7.36. The minimum atomic E-state index is -0.156. The Kier molecular flexibility index (Phi) is 5.80. The zero-order valence-corrected chi connectivity index (χ0v) is 13.6. The predicted octanol–water partition coefficient (Wildman–Crippen LogP) is 3.34. The van der Waals surface area contributed by atoms with Crippen molar-refractivity contribution in [2.75, 3.05) is 14.2 Å². The smallest absolute Gasteiger partial charge is 0.244 e. The van der Waals surface area contributed by atoms with E-state index in [9.17, 15) is 4.79 Å². The third-order valence-electron chi connectivity index (χ3n) is 3.40. The molecule has 0 spiro atoms. The number of hydrogen-bond donors (Lipinski definition) is 1. The van der Waals surface area contributed by atoms with Crippen LogP contribution in [0.3, 0.4) is 0 Å². The molecular formula is C19H21NO3. The molecule has 0 bridgehead atoms. The van der Waals surface area contributed by atoms with Crippen molar-refractivity contribution < 1.29 is 14.3 Å². The number of carbonyl (C=O) groups is 1. The van der Waals surface area contributed by atoms with E-state index in [1.165, 1.54) is 6.08 Å². The van der Waals surface area contributed by atoms with Crippen molar-refractivity contribution >= 4 is 12.0 Å². The lowest BCUT2D eigenvalue weighted by molar-refractivity contribution is -0.116. The van der Waals surface area contributed by atoms with Crippen molar-refractivity contribution in [3.63, 3.8) is 0 Å². The quantitative estimate of drug-likeness (QED) is 0.832. The first kappa shape index (κ1) is 16.6. The van der Waals surface area contributed by atoms with E-state index in [4.69, 9.17) is 9.47 Å². The number of hydrogen-bond acceptors (Lipinski definition) is 3. The van der Waals surface area contributed by atoms with Gasteiger partial charge in [0.1, 0.15) is 11.5 Å². The van der Waals surface area contributed by atoms with Crippen LogP contribution in [-0.2, 0) is 11.3 Å². The van der Waals surface area contributed by atoms with E-state index in [1.807, 2.05) is 49.4 Å². The molecule has 2 rings (SSSR count). The monoisotopic (exact) mass is 311 g/mol. The van der Waals surface area contributed by atoms with Gasteiger partial charge in [-0.05, 0) is 42.8 Å². The van der Waals surface area contributed by atoms with E-state index in [-0.39, 0.29) is 5.91 Å². The fourth-order valence-electron chi connectivity index (χ4n) is 2.18. The van der Waals surface area contributed by atoms with Gasteiger partial charge in [-0.3, -0.25) is 4.79 Å². The average Bonchev–Trinajstić information content (AvgIpc) is 2.58. The number of carbonyl (C=O) groups excluding carboxylic acids is 1. The summed E-state index contributed by atoms with van der Waals surface area (Å²) in [5.74, 6) is 1.36. The Morgan fingerprint density at radius 3 is 2.70 bits per heavy atom. The largest absolute Gasteiger partial charge is 0.497 e. The zero-order valence-electron chi connectivity index (χ0n) is 13.6. The van der Waals surface area contributed by atoms with Crippen LogP contribution in [0.15, 0.2) is 48.5 Å². The summed E-state index contributed by atoms with van der Waals surface area (Å²) >= 11 is 0. The van der Waals surface area contributed by atoms with Gasteiger partial charge in [0.05, 0.1) is 14.2 Å². The average molecular weight is 311 g/mol. The number of nitrogens with one attached hydrogen (secondary N) is 1. The molecule has 4 nitrogen and oxygen atoms in total. The van der Waals surface area contributed by atoms with Crippen molar-refractivity contribution in [3.8, 4) is 11.5 Å². The number of ether oxygens (including phenoxy) is 2. The summed E-state index contributed by atoms with van der Waals surface area (Å²) in [6, 6.07) is 13.4. The van der Waals surface area contributed by atoms with Gasteiger partial charge in [0.15, 0.2) is 0 Å². The van der Waals surface area contributed by atoms with Crippen molar-refractivity contribution in [1.82, 2.24) is 5.32 Å². The number of rotatable bonds is 6. The Balaban J connectivity index is 1.98. The molecule has 0 fully saturated rings. The highest BCUT2D eigenvalue weighted by Gasteiger charge is 2.02. The molecule has 0 aliphatic carbocycles. The molecule has 0 aromatic heterocycles. The Morgan fingerprint density at radius 2 is 1.96 bits per heavy atom. The number of amides is 1. The third kappa shape index (κ3) is 4.88. The van der Waals surface area contributed by atoms with E-state index < -0.39 is 0 Å². The molecule has 120 valence electrons. The molecule has 0 unspecified atom stereocenters. The normalized spacial score (nSPS) is 10.6. The Morgan fingerprint density at radius 1 is 1.13 bits per heavy atom. The van der Waals surface area contributed by atoms with E-state index in [1.54, 1.807) is 20.3 Å². The van der Waals surface area contributed by atoms with Crippen LogP contribution in [0.1, 0.15) is 16.7 Å². The van der Waals surface area contributed by atoms with Crippen LogP contribution < -0.4 is 14.8 Å². The molecule has 0 saturated carbocycles. The van der Waals surface area contributed by atoms with Crippen LogP contribution in [0.4, 0.5) is 0 Å². The highest BCUT2D eigenvalue weighted by Crippen LogP contribution is 2.20. The van der Waals surface area contributed by atoms with Gasteiger partial charge in [-0.1, -0.05) is 23.8 Å². The highest BCUT2D eigenvalue weighted by atomic mass is 16.5. The maximum absolute atomic E-state index is 12.0. The van der Waals surface area contributed by atoms with Gasteiger partial charge >= 0.3 is 0 Å². The highest BCUT2D eigenvalue weighted by molar-refractivity contribution is 5.92. The molecule has 0 aliphatic heterocycles. The molecule has 0 atom stereocenters. The van der Waals surface area contributed by atoms with Gasteiger partial charge in [-0.2, -0.15) is 0 Å². The molecule has 0 aliphatic rings. The fraction of sp³-hybridized carbons (Fsp3) is 0.211. The lowest BCUT2D eigenvalue weighted by Crippen LogP contribution is -2.20. The topological polar surface area (TPSA) is 47.6 Å². The molecule has 2 aromatic carbocycles. The summed E-state index contributed by atoms with van der Waals surface area (Å²) in [6.07, 6.45) is 3.27. The van der Waals surface area contributed by atoms with Gasteiger partial charge in [-0.25, -0.2) is 0 Å². The lowest BCUT2D eigenvalue weighted by atomic mass is 10.1. The fourth-order valence-corrected chi connectivity index (χ4v) is 2.18. The maximum Gasteiger partial charge on any atom is 0.244 e. The standard InChI is InChI=1S/C19H21NO3/c1-14-7-9-18(23-3)16(11-14)8-10-19(21)20-13-15-5-4-6-17(12-15)22-2/h4-12H,13H2,1-3H3,(H,20,21)/b10-8+. The van der Waals surface area contributed by atoms with Crippen molar-refractivity contribution in [3.05, 3.63) is 65.2 Å². The number of aryl methyl sites for hydroxylation is 1. The van der Waals surface area contributed by atoms with E-state index >= 15 is 0 Å². The van der Waals surface area contributed by atoms with Crippen LogP contribution in [0.25, 0.3) is 6.08 Å². The molecule has 23 heavy (non-hydrogen) atoms. The summed E-state index contributed by atoms with van der Waals surface area (Å²) < 4.78 is 10.5. The second-order valence-corrected chi connectivity index (χ2v) is 5.15. The van der Waals surface area contributed by atoms with Crippen LogP contribution in [0, 0.1) is 6.92 Å². The minimum absolute atomic E-state index is 0.156. The van der Waals surface area contributed by atoms with Gasteiger partial charge < -0.3 is 14.8 Å². The van der Waals surface area contributed by atoms with E-state index in [2.05, 4.69) is 5.32 Å².